The molecule has 2 N–H and O–H groups in total. The Hall–Kier alpha value is -2.60. The summed E-state index contributed by atoms with van der Waals surface area (Å²) in [5, 5.41) is 7.02. The number of rotatable bonds is 5. The standard InChI is InChI=1S/C20H23N3O2S/c1-14(15-8-10-18(25-2)11-9-15)21-20(26)22-16-5-3-6-17(13-16)23-12-4-7-19(23)24/h3,5-6,8-11,13-14H,4,7,12H2,1-2H3,(H2,21,22,26)/t14-/m0/s1. The maximum Gasteiger partial charge on any atom is 0.227 e. The molecular formula is C20H23N3O2S. The highest BCUT2D eigenvalue weighted by atomic mass is 32.1. The summed E-state index contributed by atoms with van der Waals surface area (Å²) in [4.78, 5) is 13.7. The molecule has 1 heterocycles. The first-order valence-electron chi connectivity index (χ1n) is 8.69. The van der Waals surface area contributed by atoms with Gasteiger partial charge in [0.2, 0.25) is 5.91 Å². The summed E-state index contributed by atoms with van der Waals surface area (Å²) in [6, 6.07) is 15.7. The summed E-state index contributed by atoms with van der Waals surface area (Å²) in [5.74, 6) is 1.01. The predicted octanol–water partition coefficient (Wildman–Crippen LogP) is 3.87. The highest BCUT2D eigenvalue weighted by Gasteiger charge is 2.21. The third kappa shape index (κ3) is 4.32. The van der Waals surface area contributed by atoms with Crippen molar-refractivity contribution in [2.45, 2.75) is 25.8 Å². The SMILES string of the molecule is COc1ccc([C@H](C)NC(=S)Nc2cccc(N3CCCC3=O)c2)cc1. The molecule has 1 atom stereocenters. The maximum absolute atomic E-state index is 11.9. The molecule has 2 aromatic rings. The Labute approximate surface area is 159 Å². The van der Waals surface area contributed by atoms with Crippen molar-refractivity contribution in [1.82, 2.24) is 5.32 Å². The molecule has 3 rings (SSSR count). The number of hydrogen-bond donors (Lipinski definition) is 2. The van der Waals surface area contributed by atoms with Crippen molar-refractivity contribution in [3.8, 4) is 5.75 Å². The summed E-state index contributed by atoms with van der Waals surface area (Å²) < 4.78 is 5.18. The number of amides is 1. The molecule has 0 saturated carbocycles. The number of carbonyl (C=O) groups is 1. The summed E-state index contributed by atoms with van der Waals surface area (Å²) >= 11 is 5.43. The molecule has 5 nitrogen and oxygen atoms in total. The van der Waals surface area contributed by atoms with E-state index in [1.54, 1.807) is 7.11 Å². The van der Waals surface area contributed by atoms with Crippen molar-refractivity contribution in [2.75, 3.05) is 23.9 Å². The lowest BCUT2D eigenvalue weighted by Crippen LogP contribution is -2.31. The molecule has 1 aliphatic rings. The second-order valence-corrected chi connectivity index (χ2v) is 6.70. The molecule has 0 aromatic heterocycles. The second-order valence-electron chi connectivity index (χ2n) is 6.29. The third-order valence-electron chi connectivity index (χ3n) is 4.45. The normalized spacial score (nSPS) is 14.8. The van der Waals surface area contributed by atoms with Gasteiger partial charge in [-0.2, -0.15) is 0 Å². The van der Waals surface area contributed by atoms with Crippen LogP contribution in [0.4, 0.5) is 11.4 Å². The molecule has 0 spiro atoms. The highest BCUT2D eigenvalue weighted by molar-refractivity contribution is 7.80. The number of hydrogen-bond acceptors (Lipinski definition) is 3. The Morgan fingerprint density at radius 2 is 2.00 bits per heavy atom. The second kappa shape index (κ2) is 8.19. The zero-order chi connectivity index (χ0) is 18.5. The number of benzene rings is 2. The number of thiocarbonyl (C=S) groups is 1. The van der Waals surface area contributed by atoms with Crippen molar-refractivity contribution in [3.63, 3.8) is 0 Å². The average Bonchev–Trinajstić information content (AvgIpc) is 3.08. The van der Waals surface area contributed by atoms with Crippen LogP contribution in [0.5, 0.6) is 5.75 Å². The van der Waals surface area contributed by atoms with E-state index in [2.05, 4.69) is 17.6 Å². The van der Waals surface area contributed by atoms with Crippen molar-refractivity contribution < 1.29 is 9.53 Å². The van der Waals surface area contributed by atoms with Crippen LogP contribution in [0.1, 0.15) is 31.4 Å². The van der Waals surface area contributed by atoms with E-state index < -0.39 is 0 Å². The number of anilines is 2. The van der Waals surface area contributed by atoms with Gasteiger partial charge < -0.3 is 20.3 Å². The van der Waals surface area contributed by atoms with Crippen LogP contribution in [0, 0.1) is 0 Å². The van der Waals surface area contributed by atoms with Gasteiger partial charge in [0.1, 0.15) is 5.75 Å². The smallest absolute Gasteiger partial charge is 0.227 e. The zero-order valence-electron chi connectivity index (χ0n) is 15.0. The van der Waals surface area contributed by atoms with Gasteiger partial charge in [-0.1, -0.05) is 18.2 Å². The zero-order valence-corrected chi connectivity index (χ0v) is 15.8. The van der Waals surface area contributed by atoms with Crippen molar-refractivity contribution in [3.05, 3.63) is 54.1 Å². The van der Waals surface area contributed by atoms with Crippen LogP contribution in [0.2, 0.25) is 0 Å². The first-order valence-corrected chi connectivity index (χ1v) is 9.09. The van der Waals surface area contributed by atoms with Crippen LogP contribution in [0.3, 0.4) is 0 Å². The molecule has 0 bridgehead atoms. The van der Waals surface area contributed by atoms with Crippen LogP contribution in [0.25, 0.3) is 0 Å². The molecule has 136 valence electrons. The van der Waals surface area contributed by atoms with E-state index in [1.165, 1.54) is 0 Å². The fourth-order valence-corrected chi connectivity index (χ4v) is 3.31. The minimum absolute atomic E-state index is 0.0595. The highest BCUT2D eigenvalue weighted by Crippen LogP contribution is 2.24. The van der Waals surface area contributed by atoms with E-state index in [1.807, 2.05) is 53.4 Å². The monoisotopic (exact) mass is 369 g/mol. The largest absolute Gasteiger partial charge is 0.497 e. The van der Waals surface area contributed by atoms with E-state index in [-0.39, 0.29) is 11.9 Å². The van der Waals surface area contributed by atoms with Gasteiger partial charge in [0, 0.05) is 24.3 Å². The molecule has 6 heteroatoms. The molecule has 1 fully saturated rings. The van der Waals surface area contributed by atoms with Gasteiger partial charge in [0.25, 0.3) is 0 Å². The summed E-state index contributed by atoms with van der Waals surface area (Å²) in [6.45, 7) is 2.83. The molecule has 2 aromatic carbocycles. The predicted molar refractivity (Wildman–Crippen MR) is 109 cm³/mol. The Bertz CT molecular complexity index is 792. The number of carbonyl (C=O) groups excluding carboxylic acids is 1. The van der Waals surface area contributed by atoms with E-state index >= 15 is 0 Å². The molecule has 26 heavy (non-hydrogen) atoms. The topological polar surface area (TPSA) is 53.6 Å². The first kappa shape index (κ1) is 18.2. The van der Waals surface area contributed by atoms with Gasteiger partial charge >= 0.3 is 0 Å². The molecular weight excluding hydrogens is 346 g/mol. The molecule has 1 saturated heterocycles. The van der Waals surface area contributed by atoms with Crippen LogP contribution in [-0.2, 0) is 4.79 Å². The van der Waals surface area contributed by atoms with Crippen LogP contribution >= 0.6 is 12.2 Å². The Morgan fingerprint density at radius 1 is 1.23 bits per heavy atom. The minimum atomic E-state index is 0.0595. The van der Waals surface area contributed by atoms with Gasteiger partial charge in [-0.05, 0) is 61.5 Å². The van der Waals surface area contributed by atoms with Crippen molar-refractivity contribution >= 4 is 34.6 Å². The maximum atomic E-state index is 11.9. The van der Waals surface area contributed by atoms with E-state index in [0.717, 1.165) is 35.7 Å². The Balaban J connectivity index is 1.61. The summed E-state index contributed by atoms with van der Waals surface area (Å²) in [5.41, 5.74) is 2.89. The summed E-state index contributed by atoms with van der Waals surface area (Å²) in [6.07, 6.45) is 1.53. The third-order valence-corrected chi connectivity index (χ3v) is 4.67. The van der Waals surface area contributed by atoms with Crippen LogP contribution < -0.4 is 20.3 Å². The molecule has 0 aliphatic carbocycles. The molecule has 0 radical (unpaired) electrons. The van der Waals surface area contributed by atoms with Crippen molar-refractivity contribution in [2.24, 2.45) is 0 Å². The number of methoxy groups -OCH3 is 1. The first-order chi connectivity index (χ1) is 12.6. The van der Waals surface area contributed by atoms with Gasteiger partial charge in [0.15, 0.2) is 5.11 Å². The Morgan fingerprint density at radius 3 is 2.65 bits per heavy atom. The van der Waals surface area contributed by atoms with Crippen molar-refractivity contribution in [1.29, 1.82) is 0 Å². The number of nitrogens with one attached hydrogen (secondary N) is 2. The minimum Gasteiger partial charge on any atom is -0.497 e. The molecule has 1 amide bonds. The molecule has 0 unspecified atom stereocenters. The van der Waals surface area contributed by atoms with Crippen LogP contribution in [0.15, 0.2) is 48.5 Å². The Kier molecular flexibility index (Phi) is 5.73. The van der Waals surface area contributed by atoms with Gasteiger partial charge in [0.05, 0.1) is 13.2 Å². The van der Waals surface area contributed by atoms with E-state index in [4.69, 9.17) is 17.0 Å². The fraction of sp³-hybridized carbons (Fsp3) is 0.300. The van der Waals surface area contributed by atoms with Gasteiger partial charge in [-0.25, -0.2) is 0 Å². The van der Waals surface area contributed by atoms with E-state index in [9.17, 15) is 4.79 Å². The lowest BCUT2D eigenvalue weighted by Gasteiger charge is -2.19. The average molecular weight is 369 g/mol. The van der Waals surface area contributed by atoms with E-state index in [0.29, 0.717) is 11.5 Å². The van der Waals surface area contributed by atoms with Crippen LogP contribution in [-0.4, -0.2) is 24.7 Å². The quantitative estimate of drug-likeness (QED) is 0.784. The van der Waals surface area contributed by atoms with Gasteiger partial charge in [-0.3, -0.25) is 4.79 Å². The number of nitrogens with zero attached hydrogens (tertiary/aromatic N) is 1. The lowest BCUT2D eigenvalue weighted by atomic mass is 10.1. The fourth-order valence-electron chi connectivity index (χ4n) is 3.01. The lowest BCUT2D eigenvalue weighted by molar-refractivity contribution is -0.117. The summed E-state index contributed by atoms with van der Waals surface area (Å²) in [7, 11) is 1.65. The number of ether oxygens (including phenoxy) is 1. The van der Waals surface area contributed by atoms with Gasteiger partial charge in [-0.15, -0.1) is 0 Å². The molecule has 1 aliphatic heterocycles.